The lowest BCUT2D eigenvalue weighted by Crippen LogP contribution is -2.15. The molecule has 0 fully saturated rings. The van der Waals surface area contributed by atoms with E-state index in [-0.39, 0.29) is 16.8 Å². The number of aryl methyl sites for hydroxylation is 1. The molecule has 0 spiro atoms. The summed E-state index contributed by atoms with van der Waals surface area (Å²) in [5.74, 6) is 0.0812. The number of nitrogens with zero attached hydrogens (tertiary/aromatic N) is 2. The molecule has 0 saturated heterocycles. The van der Waals surface area contributed by atoms with Crippen molar-refractivity contribution in [2.75, 3.05) is 11.1 Å². The van der Waals surface area contributed by atoms with Crippen LogP contribution in [0, 0.1) is 6.92 Å². The fraction of sp³-hybridized carbons (Fsp3) is 0.111. The second-order valence-electron chi connectivity index (χ2n) is 6.03. The van der Waals surface area contributed by atoms with Gasteiger partial charge in [0.1, 0.15) is 11.5 Å². The predicted molar refractivity (Wildman–Crippen MR) is 103 cm³/mol. The highest BCUT2D eigenvalue weighted by molar-refractivity contribution is 7.60. The second-order valence-corrected chi connectivity index (χ2v) is 7.63. The number of hydrogen-bond acceptors (Lipinski definition) is 6. The van der Waals surface area contributed by atoms with Gasteiger partial charge in [-0.3, -0.25) is 4.57 Å². The van der Waals surface area contributed by atoms with Gasteiger partial charge in [-0.15, -0.1) is 0 Å². The molecule has 0 radical (unpaired) electrons. The number of nitrogens with two attached hydrogens (primary N) is 1. The number of aromatic nitrogens is 2. The lowest BCUT2D eigenvalue weighted by atomic mass is 10.1. The van der Waals surface area contributed by atoms with Gasteiger partial charge in [0.2, 0.25) is 0 Å². The first-order valence-electron chi connectivity index (χ1n) is 8.04. The van der Waals surface area contributed by atoms with Crippen LogP contribution in [0.5, 0.6) is 0 Å². The number of nitrogens with one attached hydrogen (secondary N) is 1. The highest BCUT2D eigenvalue weighted by atomic mass is 31.2. The molecule has 1 heterocycles. The smallest absolute Gasteiger partial charge is 0.356 e. The molecule has 6 N–H and O–H groups in total. The van der Waals surface area contributed by atoms with E-state index in [0.717, 1.165) is 11.1 Å². The van der Waals surface area contributed by atoms with E-state index in [4.69, 9.17) is 15.5 Å². The first kappa shape index (κ1) is 19.0. The van der Waals surface area contributed by atoms with Crippen molar-refractivity contribution in [3.05, 3.63) is 66.0 Å². The van der Waals surface area contributed by atoms with Gasteiger partial charge in [0.25, 0.3) is 0 Å². The molecule has 0 amide bonds. The SMILES string of the molecule is Cc1ccc(-c2cnc(N)c(C(O)Nc3ccc(P(=O)(O)O)cc3)n2)cc1. The van der Waals surface area contributed by atoms with Crippen molar-refractivity contribution < 1.29 is 19.5 Å². The van der Waals surface area contributed by atoms with Gasteiger partial charge in [-0.25, -0.2) is 9.97 Å². The van der Waals surface area contributed by atoms with Crippen molar-refractivity contribution in [1.82, 2.24) is 9.97 Å². The molecular weight excluding hydrogens is 367 g/mol. The Labute approximate surface area is 155 Å². The van der Waals surface area contributed by atoms with E-state index < -0.39 is 13.8 Å². The quantitative estimate of drug-likeness (QED) is 0.331. The van der Waals surface area contributed by atoms with Gasteiger partial charge in [0, 0.05) is 11.3 Å². The average molecular weight is 386 g/mol. The fourth-order valence-corrected chi connectivity index (χ4v) is 2.99. The summed E-state index contributed by atoms with van der Waals surface area (Å²) in [5, 5.41) is 13.1. The molecular formula is C18H19N4O4P. The first-order valence-corrected chi connectivity index (χ1v) is 9.65. The van der Waals surface area contributed by atoms with Crippen LogP contribution >= 0.6 is 7.60 Å². The summed E-state index contributed by atoms with van der Waals surface area (Å²) in [6, 6.07) is 13.2. The number of hydrogen-bond donors (Lipinski definition) is 5. The van der Waals surface area contributed by atoms with E-state index in [0.29, 0.717) is 11.4 Å². The Balaban J connectivity index is 1.84. The first-order chi connectivity index (χ1) is 12.7. The van der Waals surface area contributed by atoms with Crippen LogP contribution in [-0.4, -0.2) is 24.9 Å². The highest BCUT2D eigenvalue weighted by Gasteiger charge is 2.18. The van der Waals surface area contributed by atoms with Gasteiger partial charge in [0.15, 0.2) is 6.23 Å². The topological polar surface area (TPSA) is 142 Å². The third-order valence-corrected chi connectivity index (χ3v) is 4.91. The number of aliphatic hydroxyl groups excluding tert-OH is 1. The van der Waals surface area contributed by atoms with Gasteiger partial charge in [-0.05, 0) is 31.2 Å². The fourth-order valence-electron chi connectivity index (χ4n) is 2.46. The van der Waals surface area contributed by atoms with Crippen LogP contribution in [0.2, 0.25) is 0 Å². The third kappa shape index (κ3) is 4.50. The lowest BCUT2D eigenvalue weighted by Gasteiger charge is -2.16. The van der Waals surface area contributed by atoms with Crippen molar-refractivity contribution in [3.8, 4) is 11.3 Å². The number of benzene rings is 2. The molecule has 0 bridgehead atoms. The van der Waals surface area contributed by atoms with Crippen LogP contribution < -0.4 is 16.4 Å². The molecule has 3 aromatic rings. The van der Waals surface area contributed by atoms with Gasteiger partial charge in [-0.2, -0.15) is 0 Å². The third-order valence-electron chi connectivity index (χ3n) is 3.94. The van der Waals surface area contributed by atoms with Gasteiger partial charge in [-0.1, -0.05) is 29.8 Å². The standard InChI is InChI=1S/C18H19N4O4P/c1-11-2-4-12(5-3-11)15-10-20-17(19)16(22-15)18(23)21-13-6-8-14(9-7-13)27(24,25)26/h2-10,18,21,23H,1H3,(H2,19,20)(H2,24,25,26). The summed E-state index contributed by atoms with van der Waals surface area (Å²) in [5.41, 5.74) is 8.98. The monoisotopic (exact) mass is 386 g/mol. The maximum atomic E-state index is 11.2. The van der Waals surface area contributed by atoms with Crippen LogP contribution in [0.25, 0.3) is 11.3 Å². The minimum atomic E-state index is -4.31. The van der Waals surface area contributed by atoms with Crippen molar-refractivity contribution in [2.45, 2.75) is 13.2 Å². The average Bonchev–Trinajstić information content (AvgIpc) is 2.62. The molecule has 1 atom stereocenters. The summed E-state index contributed by atoms with van der Waals surface area (Å²) in [6.07, 6.45) is 0.286. The zero-order valence-electron chi connectivity index (χ0n) is 14.4. The van der Waals surface area contributed by atoms with E-state index in [1.165, 1.54) is 30.5 Å². The zero-order valence-corrected chi connectivity index (χ0v) is 15.3. The van der Waals surface area contributed by atoms with Crippen LogP contribution in [-0.2, 0) is 4.57 Å². The summed E-state index contributed by atoms with van der Waals surface area (Å²) in [7, 11) is -4.31. The van der Waals surface area contributed by atoms with Crippen molar-refractivity contribution >= 4 is 24.4 Å². The molecule has 2 aromatic carbocycles. The molecule has 0 saturated carbocycles. The van der Waals surface area contributed by atoms with Crippen molar-refractivity contribution in [1.29, 1.82) is 0 Å². The number of anilines is 2. The molecule has 0 aliphatic rings. The van der Waals surface area contributed by atoms with E-state index in [1.807, 2.05) is 31.2 Å². The normalized spacial score (nSPS) is 12.6. The van der Waals surface area contributed by atoms with Gasteiger partial charge in [0.05, 0.1) is 17.2 Å². The maximum Gasteiger partial charge on any atom is 0.356 e. The van der Waals surface area contributed by atoms with Crippen molar-refractivity contribution in [2.24, 2.45) is 0 Å². The van der Waals surface area contributed by atoms with E-state index in [2.05, 4.69) is 15.3 Å². The van der Waals surface area contributed by atoms with E-state index in [9.17, 15) is 9.67 Å². The molecule has 140 valence electrons. The molecule has 3 rings (SSSR count). The summed E-state index contributed by atoms with van der Waals surface area (Å²) >= 11 is 0. The Bertz CT molecular complexity index is 987. The molecule has 0 aliphatic heterocycles. The van der Waals surface area contributed by atoms with Crippen LogP contribution in [0.1, 0.15) is 17.5 Å². The second kappa shape index (κ2) is 7.46. The molecule has 9 heteroatoms. The van der Waals surface area contributed by atoms with Crippen LogP contribution in [0.15, 0.2) is 54.7 Å². The lowest BCUT2D eigenvalue weighted by molar-refractivity contribution is 0.204. The summed E-state index contributed by atoms with van der Waals surface area (Å²) < 4.78 is 11.2. The summed E-state index contributed by atoms with van der Waals surface area (Å²) in [6.45, 7) is 1.98. The van der Waals surface area contributed by atoms with Crippen LogP contribution in [0.4, 0.5) is 11.5 Å². The minimum Gasteiger partial charge on any atom is -0.382 e. The summed E-state index contributed by atoms with van der Waals surface area (Å²) in [4.78, 5) is 26.8. The van der Waals surface area contributed by atoms with E-state index >= 15 is 0 Å². The van der Waals surface area contributed by atoms with Gasteiger partial charge >= 0.3 is 7.60 Å². The molecule has 1 aromatic heterocycles. The molecule has 1 unspecified atom stereocenters. The molecule has 27 heavy (non-hydrogen) atoms. The zero-order chi connectivity index (χ0) is 19.6. The number of rotatable bonds is 5. The minimum absolute atomic E-state index is 0.0812. The maximum absolute atomic E-state index is 11.2. The molecule has 8 nitrogen and oxygen atoms in total. The largest absolute Gasteiger partial charge is 0.382 e. The molecule has 0 aliphatic carbocycles. The Morgan fingerprint density at radius 1 is 1.07 bits per heavy atom. The van der Waals surface area contributed by atoms with Crippen LogP contribution in [0.3, 0.4) is 0 Å². The number of nitrogen functional groups attached to an aromatic ring is 1. The van der Waals surface area contributed by atoms with Crippen molar-refractivity contribution in [3.63, 3.8) is 0 Å². The Morgan fingerprint density at radius 2 is 1.70 bits per heavy atom. The Kier molecular flexibility index (Phi) is 5.25. The van der Waals surface area contributed by atoms with Gasteiger partial charge < -0.3 is 25.9 Å². The van der Waals surface area contributed by atoms with E-state index in [1.54, 1.807) is 0 Å². The number of aliphatic hydroxyl groups is 1. The Hall–Kier alpha value is -2.77. The Morgan fingerprint density at radius 3 is 2.30 bits per heavy atom. The highest BCUT2D eigenvalue weighted by Crippen LogP contribution is 2.33. The predicted octanol–water partition coefficient (Wildman–Crippen LogP) is 1.94.